The summed E-state index contributed by atoms with van der Waals surface area (Å²) >= 11 is 0. The minimum absolute atomic E-state index is 0.259. The van der Waals surface area contributed by atoms with Gasteiger partial charge in [0.05, 0.1) is 0 Å². The Bertz CT molecular complexity index is 2230. The maximum Gasteiger partial charge on any atom is 0.335 e. The molecule has 0 radical (unpaired) electrons. The Labute approximate surface area is 329 Å². The summed E-state index contributed by atoms with van der Waals surface area (Å²) in [5.41, 5.74) is 8.39. The van der Waals surface area contributed by atoms with Crippen molar-refractivity contribution in [3.8, 4) is 11.5 Å². The Balaban J connectivity index is 1.65. The zero-order chi connectivity index (χ0) is 39.6. The van der Waals surface area contributed by atoms with Gasteiger partial charge < -0.3 is 9.84 Å². The molecule has 3 nitrogen and oxygen atoms in total. The summed E-state index contributed by atoms with van der Waals surface area (Å²) in [6, 6.07) is 40.2. The van der Waals surface area contributed by atoms with Crippen molar-refractivity contribution < 1.29 is 14.6 Å². The Morgan fingerprint density at radius 2 is 1.09 bits per heavy atom. The van der Waals surface area contributed by atoms with Crippen LogP contribution in [0.15, 0.2) is 152 Å². The average molecular weight is 729 g/mol. The fourth-order valence-corrected chi connectivity index (χ4v) is 8.07. The van der Waals surface area contributed by atoms with Crippen LogP contribution in [0.25, 0.3) is 0 Å². The van der Waals surface area contributed by atoms with Gasteiger partial charge in [-0.1, -0.05) is 195 Å². The molecule has 1 aliphatic carbocycles. The molecule has 0 unspecified atom stereocenters. The van der Waals surface area contributed by atoms with E-state index in [1.54, 1.807) is 0 Å². The van der Waals surface area contributed by atoms with E-state index in [0.717, 1.165) is 51.8 Å². The van der Waals surface area contributed by atoms with Crippen molar-refractivity contribution >= 4 is 5.97 Å². The van der Waals surface area contributed by atoms with Crippen LogP contribution < -0.4 is 4.74 Å². The molecule has 0 atom stereocenters. The molecule has 6 rings (SSSR count). The molecule has 282 valence electrons. The standard InChI is InChI=1S/C52H56O3/c1-10-46(53)55-48-37(33-43(50(4,5)39-25-17-12-18-26-39)35-45(48)52(8,9)41-29-21-14-22-30-41)31-36-32-42(49(2,3)38-23-15-11-16-24-38)34-44(47(36)54)51(6,7)40-27-19-13-20-28-40/h10-12,14-19,21-30,32-35,54H,1,13,20,31H2,2-9H3. The molecule has 0 saturated carbocycles. The topological polar surface area (TPSA) is 46.5 Å². The molecule has 1 N–H and O–H groups in total. The summed E-state index contributed by atoms with van der Waals surface area (Å²) in [5, 5.41) is 12.5. The summed E-state index contributed by atoms with van der Waals surface area (Å²) in [4.78, 5) is 13.3. The number of carbonyl (C=O) groups excluding carboxylic acids is 1. The van der Waals surface area contributed by atoms with Crippen molar-refractivity contribution in [2.75, 3.05) is 0 Å². The third-order valence-electron chi connectivity index (χ3n) is 12.1. The molecule has 0 spiro atoms. The van der Waals surface area contributed by atoms with Gasteiger partial charge in [0.25, 0.3) is 0 Å². The van der Waals surface area contributed by atoms with Crippen LogP contribution >= 0.6 is 0 Å². The molecule has 5 aromatic rings. The van der Waals surface area contributed by atoms with Crippen molar-refractivity contribution in [3.05, 3.63) is 202 Å². The molecule has 0 fully saturated rings. The summed E-state index contributed by atoms with van der Waals surface area (Å²) in [7, 11) is 0. The largest absolute Gasteiger partial charge is 0.507 e. The van der Waals surface area contributed by atoms with E-state index in [1.165, 1.54) is 22.8 Å². The van der Waals surface area contributed by atoms with E-state index in [2.05, 4.69) is 165 Å². The van der Waals surface area contributed by atoms with Gasteiger partial charge in [0.1, 0.15) is 11.5 Å². The number of carbonyl (C=O) groups is 1. The van der Waals surface area contributed by atoms with Crippen LogP contribution in [-0.4, -0.2) is 11.1 Å². The lowest BCUT2D eigenvalue weighted by atomic mass is 9.70. The second-order valence-electron chi connectivity index (χ2n) is 17.1. The molecule has 1 aliphatic rings. The van der Waals surface area contributed by atoms with Gasteiger partial charge in [0, 0.05) is 50.8 Å². The monoisotopic (exact) mass is 728 g/mol. The van der Waals surface area contributed by atoms with E-state index in [1.807, 2.05) is 30.3 Å². The van der Waals surface area contributed by atoms with Crippen LogP contribution in [0, 0.1) is 0 Å². The molecular formula is C52H56O3. The first-order valence-corrected chi connectivity index (χ1v) is 19.5. The van der Waals surface area contributed by atoms with E-state index in [-0.39, 0.29) is 11.2 Å². The van der Waals surface area contributed by atoms with Crippen molar-refractivity contribution in [1.82, 2.24) is 0 Å². The molecule has 0 amide bonds. The SMILES string of the molecule is C=CC(=O)Oc1c(Cc2cc(C(C)(C)c3ccccc3)cc(C(C)(C)C3=CCCC=C3)c2O)cc(C(C)(C)c2ccccc2)cc1C(C)(C)c1ccccc1. The van der Waals surface area contributed by atoms with Crippen LogP contribution in [0.3, 0.4) is 0 Å². The van der Waals surface area contributed by atoms with Crippen LogP contribution in [0.5, 0.6) is 11.5 Å². The fraction of sp³-hybridized carbons (Fsp3) is 0.288. The predicted octanol–water partition coefficient (Wildman–Crippen LogP) is 12.6. The minimum Gasteiger partial charge on any atom is -0.507 e. The number of phenols is 1. The van der Waals surface area contributed by atoms with Crippen LogP contribution in [0.2, 0.25) is 0 Å². The normalized spacial score (nSPS) is 13.6. The summed E-state index contributed by atoms with van der Waals surface area (Å²) in [6.45, 7) is 21.5. The van der Waals surface area contributed by atoms with Crippen molar-refractivity contribution in [2.24, 2.45) is 0 Å². The van der Waals surface area contributed by atoms with Crippen LogP contribution in [0.1, 0.15) is 118 Å². The number of hydrogen-bond donors (Lipinski definition) is 1. The van der Waals surface area contributed by atoms with Crippen LogP contribution in [0.4, 0.5) is 0 Å². The van der Waals surface area contributed by atoms with E-state index in [0.29, 0.717) is 12.2 Å². The minimum atomic E-state index is -0.554. The van der Waals surface area contributed by atoms with Gasteiger partial charge in [-0.2, -0.15) is 0 Å². The highest BCUT2D eigenvalue weighted by Gasteiger charge is 2.36. The number of aromatic hydroxyl groups is 1. The van der Waals surface area contributed by atoms with E-state index in [4.69, 9.17) is 4.74 Å². The Hall–Kier alpha value is -5.41. The molecule has 3 heteroatoms. The first-order chi connectivity index (χ1) is 26.1. The first-order valence-electron chi connectivity index (χ1n) is 19.5. The molecule has 5 aromatic carbocycles. The number of phenolic OH excluding ortho intramolecular Hbond substituents is 1. The summed E-state index contributed by atoms with van der Waals surface area (Å²) in [5.74, 6) is 0.231. The highest BCUT2D eigenvalue weighted by atomic mass is 16.5. The third kappa shape index (κ3) is 7.76. The van der Waals surface area contributed by atoms with Gasteiger partial charge in [-0.25, -0.2) is 4.79 Å². The maximum atomic E-state index is 13.3. The number of allylic oxidation sites excluding steroid dienone is 4. The fourth-order valence-electron chi connectivity index (χ4n) is 8.07. The summed E-state index contributed by atoms with van der Waals surface area (Å²) in [6.07, 6.45) is 10.3. The van der Waals surface area contributed by atoms with Gasteiger partial charge in [0.2, 0.25) is 0 Å². The van der Waals surface area contributed by atoms with E-state index in [9.17, 15) is 9.90 Å². The second kappa shape index (κ2) is 15.4. The maximum absolute atomic E-state index is 13.3. The van der Waals surface area contributed by atoms with Gasteiger partial charge in [-0.15, -0.1) is 0 Å². The predicted molar refractivity (Wildman–Crippen MR) is 228 cm³/mol. The lowest BCUT2D eigenvalue weighted by Crippen LogP contribution is -2.26. The highest BCUT2D eigenvalue weighted by Crippen LogP contribution is 2.48. The Morgan fingerprint density at radius 1 is 0.618 bits per heavy atom. The number of esters is 1. The van der Waals surface area contributed by atoms with Crippen molar-refractivity contribution in [1.29, 1.82) is 0 Å². The number of rotatable bonds is 12. The molecule has 0 bridgehead atoms. The van der Waals surface area contributed by atoms with Crippen molar-refractivity contribution in [2.45, 2.75) is 96.3 Å². The smallest absolute Gasteiger partial charge is 0.335 e. The van der Waals surface area contributed by atoms with Gasteiger partial charge in [-0.3, -0.25) is 0 Å². The number of hydrogen-bond acceptors (Lipinski definition) is 3. The zero-order valence-corrected chi connectivity index (χ0v) is 33.9. The first kappa shape index (κ1) is 39.3. The van der Waals surface area contributed by atoms with Crippen molar-refractivity contribution in [3.63, 3.8) is 0 Å². The second-order valence-corrected chi connectivity index (χ2v) is 17.1. The quantitative estimate of drug-likeness (QED) is 0.0790. The molecular weight excluding hydrogens is 673 g/mol. The van der Waals surface area contributed by atoms with Gasteiger partial charge >= 0.3 is 5.97 Å². The zero-order valence-electron chi connectivity index (χ0n) is 33.9. The Kier molecular flexibility index (Phi) is 11.0. The molecule has 55 heavy (non-hydrogen) atoms. The lowest BCUT2D eigenvalue weighted by molar-refractivity contribution is -0.129. The number of ether oxygens (including phenoxy) is 1. The van der Waals surface area contributed by atoms with Gasteiger partial charge in [-0.05, 0) is 51.8 Å². The van der Waals surface area contributed by atoms with Crippen LogP contribution in [-0.2, 0) is 32.9 Å². The molecule has 0 aliphatic heterocycles. The molecule has 0 saturated heterocycles. The highest BCUT2D eigenvalue weighted by molar-refractivity contribution is 5.84. The van der Waals surface area contributed by atoms with E-state index < -0.39 is 22.2 Å². The summed E-state index contributed by atoms with van der Waals surface area (Å²) < 4.78 is 6.32. The molecule has 0 heterocycles. The molecule has 0 aromatic heterocycles. The Morgan fingerprint density at radius 3 is 1.56 bits per heavy atom. The number of benzene rings is 5. The third-order valence-corrected chi connectivity index (χ3v) is 12.1. The average Bonchev–Trinajstić information content (AvgIpc) is 3.20. The lowest BCUT2D eigenvalue weighted by Gasteiger charge is -2.35. The van der Waals surface area contributed by atoms with Gasteiger partial charge in [0.15, 0.2) is 0 Å². The van der Waals surface area contributed by atoms with E-state index >= 15 is 0 Å².